The standard InChI is InChI=1S/C27H24O3/c1-28-22-10-5-8-20(15-22)27(21-9-6-11-23(16-21)29-2)17-25-24-12-4-3-7-19(24)13-14-26(25)30-18-27/h3-16H,17-18H2,1-2H3. The number of hydrogen-bond donors (Lipinski definition) is 0. The van der Waals surface area contributed by atoms with Gasteiger partial charge in [-0.3, -0.25) is 0 Å². The Labute approximate surface area is 176 Å². The molecule has 0 N–H and O–H groups in total. The van der Waals surface area contributed by atoms with Crippen molar-refractivity contribution in [1.82, 2.24) is 0 Å². The maximum Gasteiger partial charge on any atom is 0.123 e. The second-order valence-electron chi connectivity index (χ2n) is 7.77. The van der Waals surface area contributed by atoms with Gasteiger partial charge in [0.15, 0.2) is 0 Å². The highest BCUT2D eigenvalue weighted by Crippen LogP contribution is 2.45. The van der Waals surface area contributed by atoms with Crippen LogP contribution in [0.5, 0.6) is 17.2 Å². The summed E-state index contributed by atoms with van der Waals surface area (Å²) in [5, 5.41) is 2.47. The summed E-state index contributed by atoms with van der Waals surface area (Å²) >= 11 is 0. The van der Waals surface area contributed by atoms with Crippen molar-refractivity contribution >= 4 is 10.8 Å². The van der Waals surface area contributed by atoms with E-state index in [1.54, 1.807) is 14.2 Å². The lowest BCUT2D eigenvalue weighted by Crippen LogP contribution is -2.40. The molecule has 0 saturated heterocycles. The minimum atomic E-state index is -0.347. The highest BCUT2D eigenvalue weighted by Gasteiger charge is 2.40. The van der Waals surface area contributed by atoms with Crippen molar-refractivity contribution < 1.29 is 14.2 Å². The van der Waals surface area contributed by atoms with E-state index in [0.717, 1.165) is 23.7 Å². The van der Waals surface area contributed by atoms with Crippen LogP contribution in [0, 0.1) is 0 Å². The van der Waals surface area contributed by atoms with E-state index in [1.807, 2.05) is 12.1 Å². The molecule has 150 valence electrons. The molecule has 4 aromatic carbocycles. The topological polar surface area (TPSA) is 27.7 Å². The molecule has 0 fully saturated rings. The number of methoxy groups -OCH3 is 2. The molecule has 0 amide bonds. The molecular formula is C27H24O3. The van der Waals surface area contributed by atoms with Gasteiger partial charge in [0.05, 0.1) is 19.6 Å². The first kappa shape index (κ1) is 18.6. The summed E-state index contributed by atoms with van der Waals surface area (Å²) in [6.45, 7) is 0.554. The molecule has 0 bridgehead atoms. The van der Waals surface area contributed by atoms with Crippen molar-refractivity contribution in [2.24, 2.45) is 0 Å². The zero-order valence-corrected chi connectivity index (χ0v) is 17.2. The van der Waals surface area contributed by atoms with Gasteiger partial charge in [0.25, 0.3) is 0 Å². The normalized spacial score (nSPS) is 14.6. The zero-order chi connectivity index (χ0) is 20.6. The fourth-order valence-electron chi connectivity index (χ4n) is 4.57. The molecule has 1 heterocycles. The molecule has 0 saturated carbocycles. The second kappa shape index (κ2) is 7.42. The van der Waals surface area contributed by atoms with Crippen LogP contribution >= 0.6 is 0 Å². The Morgan fingerprint density at radius 1 is 0.733 bits per heavy atom. The van der Waals surface area contributed by atoms with Gasteiger partial charge in [-0.2, -0.15) is 0 Å². The molecule has 30 heavy (non-hydrogen) atoms. The summed E-state index contributed by atoms with van der Waals surface area (Å²) in [5.74, 6) is 2.66. The molecule has 0 radical (unpaired) electrons. The van der Waals surface area contributed by atoms with Gasteiger partial charge in [-0.15, -0.1) is 0 Å². The third-order valence-electron chi connectivity index (χ3n) is 6.19. The van der Waals surface area contributed by atoms with E-state index in [9.17, 15) is 0 Å². The van der Waals surface area contributed by atoms with Gasteiger partial charge in [-0.05, 0) is 58.7 Å². The SMILES string of the molecule is COc1cccc(C2(c3cccc(OC)c3)COc3ccc4ccccc4c3C2)c1. The maximum atomic E-state index is 6.42. The monoisotopic (exact) mass is 396 g/mol. The van der Waals surface area contributed by atoms with Crippen LogP contribution in [0.25, 0.3) is 10.8 Å². The van der Waals surface area contributed by atoms with Crippen LogP contribution in [-0.4, -0.2) is 20.8 Å². The van der Waals surface area contributed by atoms with Crippen molar-refractivity contribution in [3.8, 4) is 17.2 Å². The Morgan fingerprint density at radius 2 is 1.40 bits per heavy atom. The van der Waals surface area contributed by atoms with Crippen molar-refractivity contribution in [1.29, 1.82) is 0 Å². The lowest BCUT2D eigenvalue weighted by molar-refractivity contribution is 0.215. The number of rotatable bonds is 4. The molecule has 1 aliphatic heterocycles. The Hall–Kier alpha value is -3.46. The Balaban J connectivity index is 1.75. The summed E-state index contributed by atoms with van der Waals surface area (Å²) in [7, 11) is 3.41. The third kappa shape index (κ3) is 2.98. The Bertz CT molecular complexity index is 1160. The second-order valence-corrected chi connectivity index (χ2v) is 7.77. The van der Waals surface area contributed by atoms with Crippen LogP contribution in [0.2, 0.25) is 0 Å². The molecule has 3 nitrogen and oxygen atoms in total. The van der Waals surface area contributed by atoms with Crippen molar-refractivity contribution in [3.63, 3.8) is 0 Å². The summed E-state index contributed by atoms with van der Waals surface area (Å²) in [6, 6.07) is 29.4. The molecule has 5 rings (SSSR count). The molecule has 0 aliphatic carbocycles. The molecule has 0 aromatic heterocycles. The number of hydrogen-bond acceptors (Lipinski definition) is 3. The highest BCUT2D eigenvalue weighted by atomic mass is 16.5. The first-order valence-corrected chi connectivity index (χ1v) is 10.2. The fraction of sp³-hybridized carbons (Fsp3) is 0.185. The molecule has 3 heteroatoms. The molecular weight excluding hydrogens is 372 g/mol. The van der Waals surface area contributed by atoms with E-state index in [0.29, 0.717) is 6.61 Å². The maximum absolute atomic E-state index is 6.42. The van der Waals surface area contributed by atoms with Crippen LogP contribution in [0.3, 0.4) is 0 Å². The average Bonchev–Trinajstić information content (AvgIpc) is 2.83. The first-order valence-electron chi connectivity index (χ1n) is 10.2. The van der Waals surface area contributed by atoms with Gasteiger partial charge in [0, 0.05) is 5.56 Å². The lowest BCUT2D eigenvalue weighted by Gasteiger charge is -2.40. The smallest absolute Gasteiger partial charge is 0.123 e. The van der Waals surface area contributed by atoms with Crippen LogP contribution in [0.1, 0.15) is 16.7 Å². The van der Waals surface area contributed by atoms with Gasteiger partial charge < -0.3 is 14.2 Å². The van der Waals surface area contributed by atoms with E-state index >= 15 is 0 Å². The molecule has 0 unspecified atom stereocenters. The largest absolute Gasteiger partial charge is 0.497 e. The van der Waals surface area contributed by atoms with Crippen LogP contribution in [0.4, 0.5) is 0 Å². The van der Waals surface area contributed by atoms with Gasteiger partial charge in [-0.25, -0.2) is 0 Å². The lowest BCUT2D eigenvalue weighted by atomic mass is 9.69. The summed E-state index contributed by atoms with van der Waals surface area (Å²) in [4.78, 5) is 0. The molecule has 4 aromatic rings. The summed E-state index contributed by atoms with van der Waals surface area (Å²) in [6.07, 6.45) is 0.837. The van der Waals surface area contributed by atoms with Crippen LogP contribution in [0.15, 0.2) is 84.9 Å². The van der Waals surface area contributed by atoms with E-state index < -0.39 is 0 Å². The predicted molar refractivity (Wildman–Crippen MR) is 120 cm³/mol. The summed E-state index contributed by atoms with van der Waals surface area (Å²) in [5.41, 5.74) is 3.24. The van der Waals surface area contributed by atoms with Crippen molar-refractivity contribution in [3.05, 3.63) is 102 Å². The molecule has 0 spiro atoms. The summed E-state index contributed by atoms with van der Waals surface area (Å²) < 4.78 is 17.5. The molecule has 1 aliphatic rings. The number of fused-ring (bicyclic) bond motifs is 3. The Kier molecular flexibility index (Phi) is 4.59. The van der Waals surface area contributed by atoms with Gasteiger partial charge in [0.1, 0.15) is 23.9 Å². The fourth-order valence-corrected chi connectivity index (χ4v) is 4.57. The zero-order valence-electron chi connectivity index (χ0n) is 17.2. The van der Waals surface area contributed by atoms with E-state index in [4.69, 9.17) is 14.2 Å². The van der Waals surface area contributed by atoms with E-state index in [2.05, 4.69) is 72.8 Å². The highest BCUT2D eigenvalue weighted by molar-refractivity contribution is 5.88. The third-order valence-corrected chi connectivity index (χ3v) is 6.19. The molecule has 0 atom stereocenters. The number of benzene rings is 4. The van der Waals surface area contributed by atoms with Gasteiger partial charge in [-0.1, -0.05) is 54.6 Å². The predicted octanol–water partition coefficient (Wildman–Crippen LogP) is 5.78. The van der Waals surface area contributed by atoms with Gasteiger partial charge >= 0.3 is 0 Å². The van der Waals surface area contributed by atoms with E-state index in [-0.39, 0.29) is 5.41 Å². The van der Waals surface area contributed by atoms with Crippen LogP contribution < -0.4 is 14.2 Å². The van der Waals surface area contributed by atoms with Gasteiger partial charge in [0.2, 0.25) is 0 Å². The number of ether oxygens (including phenoxy) is 3. The van der Waals surface area contributed by atoms with Crippen molar-refractivity contribution in [2.75, 3.05) is 20.8 Å². The van der Waals surface area contributed by atoms with Crippen molar-refractivity contribution in [2.45, 2.75) is 11.8 Å². The minimum Gasteiger partial charge on any atom is -0.497 e. The van der Waals surface area contributed by atoms with E-state index in [1.165, 1.54) is 27.5 Å². The average molecular weight is 396 g/mol. The van der Waals surface area contributed by atoms with Crippen LogP contribution in [-0.2, 0) is 11.8 Å². The Morgan fingerprint density at radius 3 is 2.07 bits per heavy atom. The quantitative estimate of drug-likeness (QED) is 0.438. The first-order chi connectivity index (χ1) is 14.7. The minimum absolute atomic E-state index is 0.347.